The first-order chi connectivity index (χ1) is 11.0. The van der Waals surface area contributed by atoms with Crippen molar-refractivity contribution in [2.24, 2.45) is 0 Å². The Balaban J connectivity index is 2.02. The van der Waals surface area contributed by atoms with Crippen molar-refractivity contribution >= 4 is 17.5 Å². The van der Waals surface area contributed by atoms with Crippen LogP contribution in [0.15, 0.2) is 48.5 Å². The standard InChI is InChI=1S/C18H20ClNO3/c1-12(14-8-4-6-10-16(14)22-3)20-18(21)13(2)23-17-11-7-5-9-15(17)19/h4-13H,1-3H3,(H,20,21)/t12-,13-/m0/s1. The number of nitrogens with one attached hydrogen (secondary N) is 1. The fraction of sp³-hybridized carbons (Fsp3) is 0.278. The Labute approximate surface area is 141 Å². The maximum atomic E-state index is 12.3. The molecule has 0 bridgehead atoms. The Morgan fingerprint density at radius 1 is 1.04 bits per heavy atom. The van der Waals surface area contributed by atoms with Crippen LogP contribution in [-0.2, 0) is 4.79 Å². The molecule has 0 aromatic heterocycles. The summed E-state index contributed by atoms with van der Waals surface area (Å²) in [6, 6.07) is 14.5. The van der Waals surface area contributed by atoms with Gasteiger partial charge in [0.05, 0.1) is 18.2 Å². The number of carbonyl (C=O) groups is 1. The summed E-state index contributed by atoms with van der Waals surface area (Å²) in [5.41, 5.74) is 0.910. The summed E-state index contributed by atoms with van der Waals surface area (Å²) in [6.07, 6.45) is -0.660. The van der Waals surface area contributed by atoms with E-state index >= 15 is 0 Å². The van der Waals surface area contributed by atoms with E-state index in [2.05, 4.69) is 5.32 Å². The number of para-hydroxylation sites is 2. The van der Waals surface area contributed by atoms with Crippen LogP contribution in [0.5, 0.6) is 11.5 Å². The molecule has 2 aromatic rings. The summed E-state index contributed by atoms with van der Waals surface area (Å²) in [5, 5.41) is 3.40. The van der Waals surface area contributed by atoms with Gasteiger partial charge in [-0.2, -0.15) is 0 Å². The molecule has 1 amide bonds. The van der Waals surface area contributed by atoms with Gasteiger partial charge >= 0.3 is 0 Å². The van der Waals surface area contributed by atoms with Gasteiger partial charge in [0.1, 0.15) is 11.5 Å². The zero-order chi connectivity index (χ0) is 16.8. The maximum Gasteiger partial charge on any atom is 0.261 e. The van der Waals surface area contributed by atoms with Crippen molar-refractivity contribution in [1.29, 1.82) is 0 Å². The fourth-order valence-corrected chi connectivity index (χ4v) is 2.40. The highest BCUT2D eigenvalue weighted by molar-refractivity contribution is 6.32. The normalized spacial score (nSPS) is 13.0. The van der Waals surface area contributed by atoms with Gasteiger partial charge < -0.3 is 14.8 Å². The van der Waals surface area contributed by atoms with Crippen LogP contribution in [0.2, 0.25) is 5.02 Å². The molecule has 1 N–H and O–H groups in total. The Kier molecular flexibility index (Phi) is 5.88. The first-order valence-electron chi connectivity index (χ1n) is 7.37. The number of amides is 1. The molecule has 0 saturated heterocycles. The van der Waals surface area contributed by atoms with Gasteiger partial charge in [0, 0.05) is 5.56 Å². The zero-order valence-corrected chi connectivity index (χ0v) is 14.1. The average molecular weight is 334 g/mol. The summed E-state index contributed by atoms with van der Waals surface area (Å²) in [7, 11) is 1.61. The van der Waals surface area contributed by atoms with Crippen LogP contribution in [0.25, 0.3) is 0 Å². The van der Waals surface area contributed by atoms with Crippen molar-refractivity contribution in [2.45, 2.75) is 26.0 Å². The minimum Gasteiger partial charge on any atom is -0.496 e. The quantitative estimate of drug-likeness (QED) is 0.869. The van der Waals surface area contributed by atoms with E-state index in [9.17, 15) is 4.79 Å². The lowest BCUT2D eigenvalue weighted by Gasteiger charge is -2.20. The van der Waals surface area contributed by atoms with Gasteiger partial charge in [-0.1, -0.05) is 41.9 Å². The van der Waals surface area contributed by atoms with Gasteiger partial charge in [-0.3, -0.25) is 4.79 Å². The predicted octanol–water partition coefficient (Wildman–Crippen LogP) is 3.99. The first-order valence-corrected chi connectivity index (χ1v) is 7.75. The lowest BCUT2D eigenvalue weighted by atomic mass is 10.1. The molecular formula is C18H20ClNO3. The molecule has 0 saturated carbocycles. The van der Waals surface area contributed by atoms with Gasteiger partial charge in [0.25, 0.3) is 5.91 Å². The third-order valence-corrected chi connectivity index (χ3v) is 3.79. The predicted molar refractivity (Wildman–Crippen MR) is 91.1 cm³/mol. The molecule has 0 aliphatic rings. The number of benzene rings is 2. The van der Waals surface area contributed by atoms with Crippen molar-refractivity contribution in [1.82, 2.24) is 5.32 Å². The Morgan fingerprint density at radius 3 is 2.30 bits per heavy atom. The van der Waals surface area contributed by atoms with Gasteiger partial charge in [0.15, 0.2) is 6.10 Å². The second kappa shape index (κ2) is 7.88. The molecule has 4 nitrogen and oxygen atoms in total. The van der Waals surface area contributed by atoms with E-state index in [0.717, 1.165) is 11.3 Å². The van der Waals surface area contributed by atoms with Crippen LogP contribution in [0.3, 0.4) is 0 Å². The topological polar surface area (TPSA) is 47.6 Å². The molecule has 2 rings (SSSR count). The lowest BCUT2D eigenvalue weighted by molar-refractivity contribution is -0.127. The fourth-order valence-electron chi connectivity index (χ4n) is 2.22. The molecule has 0 unspecified atom stereocenters. The molecule has 23 heavy (non-hydrogen) atoms. The van der Waals surface area contributed by atoms with E-state index < -0.39 is 6.10 Å². The number of hydrogen-bond acceptors (Lipinski definition) is 3. The van der Waals surface area contributed by atoms with E-state index in [1.54, 1.807) is 26.2 Å². The highest BCUT2D eigenvalue weighted by atomic mass is 35.5. The minimum absolute atomic E-state index is 0.198. The van der Waals surface area contributed by atoms with Crippen LogP contribution < -0.4 is 14.8 Å². The number of hydrogen-bond donors (Lipinski definition) is 1. The highest BCUT2D eigenvalue weighted by Gasteiger charge is 2.20. The minimum atomic E-state index is -0.660. The van der Waals surface area contributed by atoms with Crippen molar-refractivity contribution < 1.29 is 14.3 Å². The smallest absolute Gasteiger partial charge is 0.261 e. The van der Waals surface area contributed by atoms with E-state index in [1.807, 2.05) is 43.3 Å². The van der Waals surface area contributed by atoms with Crippen molar-refractivity contribution in [3.05, 3.63) is 59.1 Å². The molecule has 0 radical (unpaired) electrons. The zero-order valence-electron chi connectivity index (χ0n) is 13.4. The lowest BCUT2D eigenvalue weighted by Crippen LogP contribution is -2.37. The van der Waals surface area contributed by atoms with Gasteiger partial charge in [-0.15, -0.1) is 0 Å². The molecule has 0 aliphatic heterocycles. The van der Waals surface area contributed by atoms with Gasteiger partial charge in [-0.25, -0.2) is 0 Å². The molecule has 0 aliphatic carbocycles. The molecule has 2 aromatic carbocycles. The first kappa shape index (κ1) is 17.2. The summed E-state index contributed by atoms with van der Waals surface area (Å²) < 4.78 is 10.9. The van der Waals surface area contributed by atoms with Crippen molar-refractivity contribution in [3.8, 4) is 11.5 Å². The van der Waals surface area contributed by atoms with Gasteiger partial charge in [0.2, 0.25) is 0 Å². The van der Waals surface area contributed by atoms with E-state index in [4.69, 9.17) is 21.1 Å². The number of methoxy groups -OCH3 is 1. The van der Waals surface area contributed by atoms with Gasteiger partial charge in [-0.05, 0) is 32.0 Å². The molecule has 0 heterocycles. The summed E-state index contributed by atoms with van der Waals surface area (Å²) >= 11 is 6.04. The third-order valence-electron chi connectivity index (χ3n) is 3.47. The van der Waals surface area contributed by atoms with Crippen LogP contribution in [0.1, 0.15) is 25.5 Å². The summed E-state index contributed by atoms with van der Waals surface area (Å²) in [5.74, 6) is 1.00. The third kappa shape index (κ3) is 4.39. The molecular weight excluding hydrogens is 314 g/mol. The second-order valence-corrected chi connectivity index (χ2v) is 5.57. The van der Waals surface area contributed by atoms with Crippen molar-refractivity contribution in [2.75, 3.05) is 7.11 Å². The summed E-state index contributed by atoms with van der Waals surface area (Å²) in [4.78, 5) is 12.3. The molecule has 122 valence electrons. The number of rotatable bonds is 6. The van der Waals surface area contributed by atoms with E-state index in [-0.39, 0.29) is 11.9 Å². The largest absolute Gasteiger partial charge is 0.496 e. The summed E-state index contributed by atoms with van der Waals surface area (Å²) in [6.45, 7) is 3.59. The second-order valence-electron chi connectivity index (χ2n) is 5.16. The monoisotopic (exact) mass is 333 g/mol. The molecule has 0 fully saturated rings. The molecule has 5 heteroatoms. The van der Waals surface area contributed by atoms with Crippen molar-refractivity contribution in [3.63, 3.8) is 0 Å². The van der Waals surface area contributed by atoms with Crippen LogP contribution in [-0.4, -0.2) is 19.1 Å². The molecule has 2 atom stereocenters. The number of carbonyl (C=O) groups excluding carboxylic acids is 1. The number of ether oxygens (including phenoxy) is 2. The Bertz CT molecular complexity index is 675. The highest BCUT2D eigenvalue weighted by Crippen LogP contribution is 2.26. The number of halogens is 1. The van der Waals surface area contributed by atoms with E-state index in [0.29, 0.717) is 10.8 Å². The van der Waals surface area contributed by atoms with E-state index in [1.165, 1.54) is 0 Å². The Hall–Kier alpha value is -2.20. The maximum absolute atomic E-state index is 12.3. The van der Waals surface area contributed by atoms with Crippen LogP contribution in [0, 0.1) is 0 Å². The Morgan fingerprint density at radius 2 is 1.65 bits per heavy atom. The molecule has 0 spiro atoms. The SMILES string of the molecule is COc1ccccc1[C@H](C)NC(=O)[C@H](C)Oc1ccccc1Cl. The van der Waals surface area contributed by atoms with Crippen LogP contribution in [0.4, 0.5) is 0 Å². The van der Waals surface area contributed by atoms with Crippen LogP contribution >= 0.6 is 11.6 Å². The average Bonchev–Trinajstić information content (AvgIpc) is 2.56.